The molecule has 3 nitrogen and oxygen atoms in total. The van der Waals surface area contributed by atoms with Crippen molar-refractivity contribution in [1.82, 2.24) is 4.72 Å². The Balaban J connectivity index is 2.16. The van der Waals surface area contributed by atoms with E-state index >= 15 is 0 Å². The Morgan fingerprint density at radius 2 is 2.10 bits per heavy atom. The largest absolute Gasteiger partial charge is 0.241 e. The van der Waals surface area contributed by atoms with E-state index in [0.717, 1.165) is 15.6 Å². The fourth-order valence-electron chi connectivity index (χ4n) is 2.00. The lowest BCUT2D eigenvalue weighted by Gasteiger charge is -2.15. The molecule has 0 saturated heterocycles. The fraction of sp³-hybridized carbons (Fsp3) is 0.286. The first kappa shape index (κ1) is 15.7. The van der Waals surface area contributed by atoms with E-state index in [2.05, 4.69) is 20.7 Å². The smallest absolute Gasteiger partial charge is 0.208 e. The molecule has 108 valence electrons. The summed E-state index contributed by atoms with van der Waals surface area (Å²) in [4.78, 5) is 0.323. The molecular formula is C14H16BrNO2S2. The van der Waals surface area contributed by atoms with Crippen LogP contribution in [0.3, 0.4) is 0 Å². The molecule has 0 aliphatic heterocycles. The minimum absolute atomic E-state index is 0.145. The zero-order chi connectivity index (χ0) is 14.8. The molecule has 0 fully saturated rings. The summed E-state index contributed by atoms with van der Waals surface area (Å²) in [5.41, 5.74) is 1.89. The van der Waals surface area contributed by atoms with Gasteiger partial charge in [-0.2, -0.15) is 11.3 Å². The highest BCUT2D eigenvalue weighted by atomic mass is 79.9. The van der Waals surface area contributed by atoms with Gasteiger partial charge in [0.05, 0.1) is 4.90 Å². The highest BCUT2D eigenvalue weighted by Gasteiger charge is 2.20. The lowest BCUT2D eigenvalue weighted by atomic mass is 10.1. The van der Waals surface area contributed by atoms with Crippen LogP contribution in [0.2, 0.25) is 0 Å². The maximum Gasteiger partial charge on any atom is 0.241 e. The second kappa shape index (κ2) is 6.39. The van der Waals surface area contributed by atoms with Gasteiger partial charge in [0.1, 0.15) is 0 Å². The van der Waals surface area contributed by atoms with Gasteiger partial charge in [-0.25, -0.2) is 13.1 Å². The molecule has 0 amide bonds. The second-order valence-corrected chi connectivity index (χ2v) is 8.15. The van der Waals surface area contributed by atoms with Crippen LogP contribution in [0.25, 0.3) is 0 Å². The van der Waals surface area contributed by atoms with E-state index in [0.29, 0.717) is 11.3 Å². The molecule has 1 heterocycles. The number of hydrogen-bond donors (Lipinski definition) is 1. The van der Waals surface area contributed by atoms with Crippen LogP contribution in [-0.2, 0) is 16.4 Å². The third kappa shape index (κ3) is 3.91. The van der Waals surface area contributed by atoms with Gasteiger partial charge in [-0.15, -0.1) is 0 Å². The molecule has 1 unspecified atom stereocenters. The van der Waals surface area contributed by atoms with Gasteiger partial charge in [-0.05, 0) is 60.4 Å². The van der Waals surface area contributed by atoms with Crippen molar-refractivity contribution in [3.8, 4) is 0 Å². The standard InChI is InChI=1S/C14H16BrNO2S2/c1-10-3-4-13(15)8-14(10)20(17,18)16-11(2)7-12-5-6-19-9-12/h3-6,8-9,11,16H,7H2,1-2H3. The van der Waals surface area contributed by atoms with Crippen molar-refractivity contribution in [2.45, 2.75) is 31.2 Å². The van der Waals surface area contributed by atoms with Crippen LogP contribution < -0.4 is 4.72 Å². The zero-order valence-corrected chi connectivity index (χ0v) is 14.5. The highest BCUT2D eigenvalue weighted by Crippen LogP contribution is 2.21. The fourth-order valence-corrected chi connectivity index (χ4v) is 4.70. The molecule has 0 radical (unpaired) electrons. The van der Waals surface area contributed by atoms with Crippen molar-refractivity contribution in [2.75, 3.05) is 0 Å². The Bertz CT molecular complexity index is 681. The molecule has 0 saturated carbocycles. The molecule has 20 heavy (non-hydrogen) atoms. The van der Waals surface area contributed by atoms with Crippen LogP contribution in [0.4, 0.5) is 0 Å². The topological polar surface area (TPSA) is 46.2 Å². The van der Waals surface area contributed by atoms with E-state index in [1.54, 1.807) is 30.4 Å². The van der Waals surface area contributed by atoms with Crippen molar-refractivity contribution in [3.05, 3.63) is 50.6 Å². The van der Waals surface area contributed by atoms with Crippen LogP contribution in [0.1, 0.15) is 18.1 Å². The molecule has 0 aliphatic carbocycles. The lowest BCUT2D eigenvalue weighted by Crippen LogP contribution is -2.34. The molecule has 1 atom stereocenters. The predicted molar refractivity (Wildman–Crippen MR) is 86.7 cm³/mol. The summed E-state index contributed by atoms with van der Waals surface area (Å²) >= 11 is 4.93. The van der Waals surface area contributed by atoms with E-state index in [4.69, 9.17) is 0 Å². The summed E-state index contributed by atoms with van der Waals surface area (Å²) in [5, 5.41) is 4.03. The van der Waals surface area contributed by atoms with Crippen molar-refractivity contribution in [2.24, 2.45) is 0 Å². The Hall–Kier alpha value is -0.690. The molecule has 1 N–H and O–H groups in total. The summed E-state index contributed by atoms with van der Waals surface area (Å²) in [7, 11) is -3.49. The Labute approximate surface area is 132 Å². The van der Waals surface area contributed by atoms with E-state index < -0.39 is 10.0 Å². The van der Waals surface area contributed by atoms with Crippen LogP contribution in [0, 0.1) is 6.92 Å². The Kier molecular flexibility index (Phi) is 5.01. The molecule has 6 heteroatoms. The minimum atomic E-state index is -3.49. The quantitative estimate of drug-likeness (QED) is 0.867. The summed E-state index contributed by atoms with van der Waals surface area (Å²) in [6.45, 7) is 3.67. The first-order valence-corrected chi connectivity index (χ1v) is 9.40. The second-order valence-electron chi connectivity index (χ2n) is 4.77. The maximum atomic E-state index is 12.4. The normalized spacial score (nSPS) is 13.3. The molecule has 1 aromatic heterocycles. The van der Waals surface area contributed by atoms with Gasteiger partial charge in [-0.1, -0.05) is 22.0 Å². The van der Waals surface area contributed by atoms with Gasteiger partial charge in [0.25, 0.3) is 0 Å². The van der Waals surface area contributed by atoms with Crippen molar-refractivity contribution >= 4 is 37.3 Å². The Morgan fingerprint density at radius 3 is 2.75 bits per heavy atom. The van der Waals surface area contributed by atoms with Crippen LogP contribution in [0.15, 0.2) is 44.4 Å². The number of halogens is 1. The zero-order valence-electron chi connectivity index (χ0n) is 11.3. The number of hydrogen-bond acceptors (Lipinski definition) is 3. The van der Waals surface area contributed by atoms with Crippen molar-refractivity contribution in [3.63, 3.8) is 0 Å². The van der Waals surface area contributed by atoms with Gasteiger partial charge in [0, 0.05) is 10.5 Å². The van der Waals surface area contributed by atoms with Crippen molar-refractivity contribution < 1.29 is 8.42 Å². The van der Waals surface area contributed by atoms with Crippen LogP contribution in [0.5, 0.6) is 0 Å². The summed E-state index contributed by atoms with van der Waals surface area (Å²) in [6.07, 6.45) is 0.690. The lowest BCUT2D eigenvalue weighted by molar-refractivity contribution is 0.559. The third-order valence-electron chi connectivity index (χ3n) is 2.92. The van der Waals surface area contributed by atoms with E-state index in [1.807, 2.05) is 29.8 Å². The summed E-state index contributed by atoms with van der Waals surface area (Å²) in [6, 6.07) is 7.13. The molecular weight excluding hydrogens is 358 g/mol. The van der Waals surface area contributed by atoms with E-state index in [-0.39, 0.29) is 6.04 Å². The van der Waals surface area contributed by atoms with Crippen LogP contribution >= 0.6 is 27.3 Å². The predicted octanol–water partition coefficient (Wildman–Crippen LogP) is 3.73. The van der Waals surface area contributed by atoms with Gasteiger partial charge in [-0.3, -0.25) is 0 Å². The first-order valence-electron chi connectivity index (χ1n) is 6.18. The van der Waals surface area contributed by atoms with E-state index in [9.17, 15) is 8.42 Å². The minimum Gasteiger partial charge on any atom is -0.208 e. The number of rotatable bonds is 5. The van der Waals surface area contributed by atoms with Crippen LogP contribution in [-0.4, -0.2) is 14.5 Å². The highest BCUT2D eigenvalue weighted by molar-refractivity contribution is 9.10. The van der Waals surface area contributed by atoms with Gasteiger partial charge >= 0.3 is 0 Å². The third-order valence-corrected chi connectivity index (χ3v) is 5.87. The number of thiophene rings is 1. The number of aryl methyl sites for hydroxylation is 1. The molecule has 0 bridgehead atoms. The molecule has 1 aromatic carbocycles. The average molecular weight is 374 g/mol. The number of nitrogens with one attached hydrogen (secondary N) is 1. The summed E-state index contributed by atoms with van der Waals surface area (Å²) < 4.78 is 28.3. The van der Waals surface area contributed by atoms with Gasteiger partial charge < -0.3 is 0 Å². The number of benzene rings is 1. The number of sulfonamides is 1. The van der Waals surface area contributed by atoms with Crippen molar-refractivity contribution in [1.29, 1.82) is 0 Å². The monoisotopic (exact) mass is 373 g/mol. The maximum absolute atomic E-state index is 12.4. The van der Waals surface area contributed by atoms with Gasteiger partial charge in [0.15, 0.2) is 0 Å². The molecule has 0 aliphatic rings. The Morgan fingerprint density at radius 1 is 1.35 bits per heavy atom. The van der Waals surface area contributed by atoms with E-state index in [1.165, 1.54) is 0 Å². The summed E-state index contributed by atoms with van der Waals surface area (Å²) in [5.74, 6) is 0. The van der Waals surface area contributed by atoms with Gasteiger partial charge in [0.2, 0.25) is 10.0 Å². The molecule has 2 aromatic rings. The first-order chi connectivity index (χ1) is 9.38. The molecule has 2 rings (SSSR count). The SMILES string of the molecule is Cc1ccc(Br)cc1S(=O)(=O)NC(C)Cc1ccsc1. The molecule has 0 spiro atoms. The average Bonchev–Trinajstić information content (AvgIpc) is 2.84.